The topological polar surface area (TPSA) is 50.8 Å². The van der Waals surface area contributed by atoms with Gasteiger partial charge in [-0.05, 0) is 85.5 Å². The molecule has 1 amide bonds. The summed E-state index contributed by atoms with van der Waals surface area (Å²) in [6, 6.07) is 10.6. The van der Waals surface area contributed by atoms with Crippen molar-refractivity contribution in [2.75, 3.05) is 26.2 Å². The van der Waals surface area contributed by atoms with Gasteiger partial charge >= 0.3 is 6.09 Å². The van der Waals surface area contributed by atoms with Gasteiger partial charge in [0.05, 0.1) is 12.6 Å². The van der Waals surface area contributed by atoms with E-state index in [1.54, 1.807) is 6.07 Å². The molecule has 2 aromatic rings. The Kier molecular flexibility index (Phi) is 5.81. The maximum absolute atomic E-state index is 14.0. The van der Waals surface area contributed by atoms with Crippen LogP contribution in [0.3, 0.4) is 0 Å². The fourth-order valence-corrected chi connectivity index (χ4v) is 5.84. The predicted octanol–water partition coefficient (Wildman–Crippen LogP) is 5.34. The molecule has 176 valence electrons. The molecule has 3 fully saturated rings. The van der Waals surface area contributed by atoms with Crippen LogP contribution in [0, 0.1) is 17.2 Å². The van der Waals surface area contributed by atoms with Crippen molar-refractivity contribution in [2.24, 2.45) is 11.3 Å². The Morgan fingerprint density at radius 3 is 2.67 bits per heavy atom. The van der Waals surface area contributed by atoms with Crippen LogP contribution in [0.15, 0.2) is 36.4 Å². The number of nitrogens with one attached hydrogen (secondary N) is 1. The number of amides is 1. The van der Waals surface area contributed by atoms with E-state index in [4.69, 9.17) is 9.47 Å². The van der Waals surface area contributed by atoms with E-state index in [-0.39, 0.29) is 29.5 Å². The monoisotopic (exact) mass is 452 g/mol. The van der Waals surface area contributed by atoms with E-state index in [1.165, 1.54) is 12.1 Å². The number of benzene rings is 2. The first-order chi connectivity index (χ1) is 15.8. The second-order valence-electron chi connectivity index (χ2n) is 10.3. The minimum absolute atomic E-state index is 0.0103. The van der Waals surface area contributed by atoms with Gasteiger partial charge < -0.3 is 14.8 Å². The molecule has 0 aromatic heterocycles. The van der Waals surface area contributed by atoms with Crippen molar-refractivity contribution in [1.29, 1.82) is 0 Å². The number of ether oxygens (including phenoxy) is 2. The number of piperidine rings is 3. The third-order valence-electron chi connectivity index (χ3n) is 7.55. The fraction of sp³-hybridized carbons (Fsp3) is 0.519. The summed E-state index contributed by atoms with van der Waals surface area (Å²) < 4.78 is 25.6. The van der Waals surface area contributed by atoms with E-state index in [0.717, 1.165) is 61.2 Å². The third-order valence-corrected chi connectivity index (χ3v) is 7.55. The molecule has 2 atom stereocenters. The Morgan fingerprint density at radius 1 is 1.18 bits per heavy atom. The molecule has 0 radical (unpaired) electrons. The Labute approximate surface area is 195 Å². The number of alkyl carbamates (subject to hydrolysis) is 1. The summed E-state index contributed by atoms with van der Waals surface area (Å²) in [5.41, 5.74) is 3.78. The number of carbonyl (C=O) groups excluding carboxylic acids is 1. The zero-order valence-corrected chi connectivity index (χ0v) is 19.7. The maximum atomic E-state index is 14.0. The summed E-state index contributed by atoms with van der Waals surface area (Å²) in [6.45, 7) is 9.86. The number of nitrogens with zero attached hydrogens (tertiary/aromatic N) is 1. The predicted molar refractivity (Wildman–Crippen MR) is 126 cm³/mol. The lowest BCUT2D eigenvalue weighted by Gasteiger charge is -2.44. The minimum atomic E-state index is -0.326. The summed E-state index contributed by atoms with van der Waals surface area (Å²) in [7, 11) is 0. The second kappa shape index (κ2) is 8.64. The SMILES string of the molecule is CCOc1ccc(F)cc1-c1ccc2c(c1)CC(C)(C)C2NC(=O)O[C@@H]1CN2CCC1CC2. The molecule has 0 spiro atoms. The highest BCUT2D eigenvalue weighted by molar-refractivity contribution is 5.73. The number of hydrogen-bond donors (Lipinski definition) is 1. The number of rotatable bonds is 5. The van der Waals surface area contributed by atoms with E-state index in [9.17, 15) is 9.18 Å². The van der Waals surface area contributed by atoms with Gasteiger partial charge in [-0.2, -0.15) is 0 Å². The van der Waals surface area contributed by atoms with Gasteiger partial charge in [-0.25, -0.2) is 9.18 Å². The molecule has 0 saturated carbocycles. The lowest BCUT2D eigenvalue weighted by atomic mass is 9.85. The molecule has 6 heteroatoms. The van der Waals surface area contributed by atoms with Crippen LogP contribution in [0.5, 0.6) is 5.75 Å². The molecular formula is C27H33FN2O3. The minimum Gasteiger partial charge on any atom is -0.493 e. The van der Waals surface area contributed by atoms with Crippen LogP contribution in [0.4, 0.5) is 9.18 Å². The summed E-state index contributed by atoms with van der Waals surface area (Å²) in [5.74, 6) is 0.870. The first-order valence-corrected chi connectivity index (χ1v) is 12.1. The van der Waals surface area contributed by atoms with Crippen LogP contribution in [0.25, 0.3) is 11.1 Å². The summed E-state index contributed by atoms with van der Waals surface area (Å²) in [4.78, 5) is 15.3. The highest BCUT2D eigenvalue weighted by Crippen LogP contribution is 2.47. The molecule has 3 saturated heterocycles. The normalized spacial score (nSPS) is 27.2. The van der Waals surface area contributed by atoms with Crippen LogP contribution in [0.2, 0.25) is 0 Å². The van der Waals surface area contributed by atoms with Crippen molar-refractivity contribution in [3.05, 3.63) is 53.3 Å². The molecule has 3 aliphatic heterocycles. The lowest BCUT2D eigenvalue weighted by molar-refractivity contribution is -0.0348. The Balaban J connectivity index is 1.36. The average Bonchev–Trinajstić information content (AvgIpc) is 3.04. The van der Waals surface area contributed by atoms with Crippen LogP contribution in [0.1, 0.15) is 50.8 Å². The van der Waals surface area contributed by atoms with Crippen LogP contribution in [-0.2, 0) is 11.2 Å². The van der Waals surface area contributed by atoms with Gasteiger partial charge in [0, 0.05) is 12.1 Å². The molecule has 1 aliphatic carbocycles. The molecule has 2 bridgehead atoms. The van der Waals surface area contributed by atoms with Gasteiger partial charge in [0.15, 0.2) is 0 Å². The number of halogens is 1. The number of fused-ring (bicyclic) bond motifs is 4. The van der Waals surface area contributed by atoms with E-state index >= 15 is 0 Å². The molecule has 5 nitrogen and oxygen atoms in total. The maximum Gasteiger partial charge on any atom is 0.407 e. The molecule has 3 heterocycles. The molecule has 6 rings (SSSR count). The molecule has 2 aromatic carbocycles. The Bertz CT molecular complexity index is 1050. The van der Waals surface area contributed by atoms with Crippen molar-refractivity contribution < 1.29 is 18.7 Å². The van der Waals surface area contributed by atoms with Crippen LogP contribution >= 0.6 is 0 Å². The van der Waals surface area contributed by atoms with Crippen molar-refractivity contribution in [2.45, 2.75) is 52.2 Å². The third kappa shape index (κ3) is 4.33. The van der Waals surface area contributed by atoms with Gasteiger partial charge in [-0.1, -0.05) is 32.0 Å². The first-order valence-electron chi connectivity index (χ1n) is 12.1. The van der Waals surface area contributed by atoms with E-state index in [1.807, 2.05) is 13.0 Å². The highest BCUT2D eigenvalue weighted by Gasteiger charge is 2.42. The van der Waals surface area contributed by atoms with E-state index < -0.39 is 0 Å². The van der Waals surface area contributed by atoms with Gasteiger partial charge in [0.2, 0.25) is 0 Å². The quantitative estimate of drug-likeness (QED) is 0.666. The van der Waals surface area contributed by atoms with Crippen molar-refractivity contribution in [3.8, 4) is 16.9 Å². The van der Waals surface area contributed by atoms with Crippen molar-refractivity contribution >= 4 is 6.09 Å². The van der Waals surface area contributed by atoms with Crippen LogP contribution < -0.4 is 10.1 Å². The second-order valence-corrected chi connectivity index (χ2v) is 10.3. The highest BCUT2D eigenvalue weighted by atomic mass is 19.1. The van der Waals surface area contributed by atoms with Crippen molar-refractivity contribution in [1.82, 2.24) is 10.2 Å². The summed E-state index contributed by atoms with van der Waals surface area (Å²) >= 11 is 0. The summed E-state index contributed by atoms with van der Waals surface area (Å²) in [6.07, 6.45) is 2.71. The smallest absolute Gasteiger partial charge is 0.407 e. The molecule has 4 aliphatic rings. The molecule has 1 N–H and O–H groups in total. The van der Waals surface area contributed by atoms with Crippen molar-refractivity contribution in [3.63, 3.8) is 0 Å². The van der Waals surface area contributed by atoms with E-state index in [0.29, 0.717) is 18.3 Å². The zero-order chi connectivity index (χ0) is 23.2. The zero-order valence-electron chi connectivity index (χ0n) is 19.7. The fourth-order valence-electron chi connectivity index (χ4n) is 5.84. The molecule has 33 heavy (non-hydrogen) atoms. The number of hydrogen-bond acceptors (Lipinski definition) is 4. The van der Waals surface area contributed by atoms with Gasteiger partial charge in [-0.15, -0.1) is 0 Å². The van der Waals surface area contributed by atoms with Crippen LogP contribution in [-0.4, -0.2) is 43.3 Å². The molecular weight excluding hydrogens is 419 g/mol. The average molecular weight is 453 g/mol. The molecule has 1 unspecified atom stereocenters. The number of carbonyl (C=O) groups is 1. The van der Waals surface area contributed by atoms with E-state index in [2.05, 4.69) is 36.2 Å². The van der Waals surface area contributed by atoms with Gasteiger partial charge in [0.25, 0.3) is 0 Å². The lowest BCUT2D eigenvalue weighted by Crippen LogP contribution is -2.53. The standard InChI is InChI=1S/C27H33FN2O3/c1-4-32-23-8-6-20(28)14-22(23)18-5-7-21-19(13-18)15-27(2,3)25(21)29-26(31)33-24-16-30-11-9-17(24)10-12-30/h5-8,13-14,17,24-25H,4,9-12,15-16H2,1-3H3,(H,29,31)/t24-,25?/m1/s1. The summed E-state index contributed by atoms with van der Waals surface area (Å²) in [5, 5.41) is 3.17. The Hall–Kier alpha value is -2.60. The largest absolute Gasteiger partial charge is 0.493 e. The van der Waals surface area contributed by atoms with Gasteiger partial charge in [0.1, 0.15) is 17.7 Å². The first kappa shape index (κ1) is 22.2. The Morgan fingerprint density at radius 2 is 1.97 bits per heavy atom. The van der Waals surface area contributed by atoms with Gasteiger partial charge in [-0.3, -0.25) is 4.90 Å².